The molecule has 16 heterocycles. The second-order valence-corrected chi connectivity index (χ2v) is 45.7. The minimum Gasteiger partial charge on any atom is -0.383 e. The summed E-state index contributed by atoms with van der Waals surface area (Å²) in [6.45, 7) is -28.2. The maximum absolute atomic E-state index is 14.8. The Morgan fingerprint density at radius 3 is 1.04 bits per heavy atom. The summed E-state index contributed by atoms with van der Waals surface area (Å²) < 4.78 is 133. The topological polar surface area (TPSA) is 725 Å². The van der Waals surface area contributed by atoms with Crippen molar-refractivity contribution in [3.8, 4) is 0 Å². The van der Waals surface area contributed by atoms with E-state index in [1.165, 1.54) is 76.2 Å². The highest BCUT2D eigenvalue weighted by Crippen LogP contribution is 2.60. The number of fused-ring (bicyclic) bond motifs is 4. The zero-order valence-electron chi connectivity index (χ0n) is 65.0. The van der Waals surface area contributed by atoms with E-state index >= 15 is 0 Å². The molecular formula is C60H78N26O28P6S6. The second kappa shape index (κ2) is 37.1. The molecule has 10 aromatic rings. The van der Waals surface area contributed by atoms with Gasteiger partial charge in [-0.05, 0) is 77.6 Å². The number of thiol groups is 1. The maximum atomic E-state index is 14.8. The van der Waals surface area contributed by atoms with Crippen LogP contribution < -0.4 is 56.9 Å². The van der Waals surface area contributed by atoms with Crippen LogP contribution in [0.4, 0.5) is 35.2 Å². The summed E-state index contributed by atoms with van der Waals surface area (Å²) in [5.41, 5.74) is 33.5. The van der Waals surface area contributed by atoms with E-state index in [4.69, 9.17) is 176 Å². The fraction of sp³-hybridized carbons (Fsp3) is 0.533. The summed E-state index contributed by atoms with van der Waals surface area (Å²) in [5, 5.41) is 0. The third-order valence-corrected chi connectivity index (χ3v) is 30.3. The van der Waals surface area contributed by atoms with Crippen molar-refractivity contribution in [3.05, 3.63) is 104 Å². The number of nitrogens with zero attached hydrogens (tertiary/aromatic N) is 18. The summed E-state index contributed by atoms with van der Waals surface area (Å²) in [5.74, 6) is -0.590. The van der Waals surface area contributed by atoms with E-state index in [1.54, 1.807) is 4.57 Å². The zero-order valence-corrected chi connectivity index (χ0v) is 75.3. The SMILES string of the molecule is CC[C@H]1O[C@@H](n2cnc3c(N)ncnc32)C[C@H]1OP(O)(=S)OC[C@H]1O[C@@H](n2ccc(N)nc2=O)C[C@H]1OP(=O)(S)OC[C@H]1O[C@@H](n2cnc3c(N)ncnc32)C[C@H]1OP(O)(=S)OC[C@H]1O[C@@H](n2cnc3c(=O)[nH]c(N)nc32)C[C@H]1OP(O)(=S)OC[C@H]1O[C@@H](n2ccc(N)nc2=O)C[C@H]1OP(O)(=S)OC[C@H]1O[C@@H](n2cnc3c(=O)[nH]c(N)nc32)C[C@H]1OP(O)(=S)OC. The van der Waals surface area contributed by atoms with Crippen molar-refractivity contribution in [2.75, 3.05) is 74.5 Å². The monoisotopic (exact) mass is 1990 g/mol. The Labute approximate surface area is 737 Å². The minimum absolute atomic E-state index is 0.0138. The average molecular weight is 1990 g/mol. The second-order valence-electron chi connectivity index (χ2n) is 28.7. The Balaban J connectivity index is 0.609. The normalized spacial score (nSPS) is 29.4. The fourth-order valence-electron chi connectivity index (χ4n) is 14.8. The molecule has 0 aromatic carbocycles. The van der Waals surface area contributed by atoms with Gasteiger partial charge >= 0.3 is 51.8 Å². The van der Waals surface area contributed by atoms with Crippen LogP contribution in [0.3, 0.4) is 0 Å². The van der Waals surface area contributed by atoms with Crippen LogP contribution >= 0.6 is 52.6 Å². The molecule has 6 aliphatic rings. The van der Waals surface area contributed by atoms with Crippen LogP contribution in [0.15, 0.2) is 81.7 Å². The molecule has 6 fully saturated rings. The molecule has 6 aliphatic heterocycles. The van der Waals surface area contributed by atoms with E-state index in [2.05, 4.69) is 82.0 Å². The first-order chi connectivity index (χ1) is 59.7. The number of aromatic amines is 2. The van der Waals surface area contributed by atoms with Gasteiger partial charge in [0.15, 0.2) is 45.3 Å². The molecule has 126 heavy (non-hydrogen) atoms. The molecule has 6 unspecified atom stereocenters. The van der Waals surface area contributed by atoms with Crippen molar-refractivity contribution in [2.45, 2.75) is 162 Å². The number of rotatable bonds is 35. The predicted octanol–water partition coefficient (Wildman–Crippen LogP) is 1.24. The summed E-state index contributed by atoms with van der Waals surface area (Å²) in [6, 6.07) is 2.65. The Kier molecular flexibility index (Phi) is 27.3. The summed E-state index contributed by atoms with van der Waals surface area (Å²) >= 11 is 32.1. The van der Waals surface area contributed by atoms with Gasteiger partial charge in [0.25, 0.3) is 11.1 Å². The van der Waals surface area contributed by atoms with Crippen LogP contribution in [-0.2, 0) is 146 Å². The van der Waals surface area contributed by atoms with Gasteiger partial charge in [-0.2, -0.15) is 19.9 Å². The third kappa shape index (κ3) is 20.8. The van der Waals surface area contributed by atoms with Gasteiger partial charge < -0.3 is 133 Å². The van der Waals surface area contributed by atoms with Gasteiger partial charge in [-0.1, -0.05) is 19.2 Å². The van der Waals surface area contributed by atoms with E-state index in [9.17, 15) is 48.2 Å². The molecule has 24 atom stereocenters. The van der Waals surface area contributed by atoms with Crippen molar-refractivity contribution in [1.82, 2.24) is 97.2 Å². The number of aromatic nitrogens is 20. The molecule has 0 radical (unpaired) electrons. The smallest absolute Gasteiger partial charge is 0.383 e. The van der Waals surface area contributed by atoms with Gasteiger partial charge in [0.1, 0.15) is 109 Å². The number of anilines is 6. The molecule has 6 saturated heterocycles. The summed E-state index contributed by atoms with van der Waals surface area (Å²) in [7, 11) is 1.13. The van der Waals surface area contributed by atoms with Crippen molar-refractivity contribution in [3.63, 3.8) is 0 Å². The van der Waals surface area contributed by atoms with Crippen LogP contribution in [0.2, 0.25) is 0 Å². The van der Waals surface area contributed by atoms with Crippen molar-refractivity contribution < 1.29 is 112 Å². The van der Waals surface area contributed by atoms with Crippen LogP contribution in [0.25, 0.3) is 44.7 Å². The largest absolute Gasteiger partial charge is 0.386 e. The van der Waals surface area contributed by atoms with Crippen LogP contribution in [0.1, 0.15) is 89.2 Å². The van der Waals surface area contributed by atoms with E-state index in [0.717, 1.165) is 16.2 Å². The molecule has 682 valence electrons. The highest BCUT2D eigenvalue weighted by Gasteiger charge is 2.51. The number of hydrogen-bond donors (Lipinski definition) is 14. The van der Waals surface area contributed by atoms with Gasteiger partial charge in [0, 0.05) is 58.0 Å². The van der Waals surface area contributed by atoms with Crippen molar-refractivity contribution in [2.24, 2.45) is 0 Å². The standard InChI is InChI=1S/C60H78N26O28P6S6/c1-3-25-26(8-41(103-25)83-21-71-45-49(63)67-19-69-51(45)83)110-116(92,122)98-15-33-28(9-39(104-33)81-6-4-37(61)75-59(81)89)112-118(94,124)101-17-35-30(12-42(106-35)84-22-72-46-50(64)68-20-70-52(46)84)113-120(96,126)102-18-36-31(13-44(108-36)86-24-74-48-54(86)78-58(66)80-56(48)88)114-119(95,125)100-16-34-29(10-40(105-34)82-7-5-38(62)76-60(82)90)111-117(93,123)99-14-32-27(109-115(91,121)97-2)11-43(107-32)85-23-73-47-53(85)77-57(65)79-55(47)87/h4-7,19-36,39-44H,3,8-18H2,1-2H3,(H,91,121)(H,92,122)(H,93,123)(H,94,124)(H,95,125)(H,96,126)(H2,61,75,89)(H2,62,76,90)(H2,63,67,69)(H2,64,68,70)(H3,65,77,79,87)(H3,66,78,80,88)/t25-,26-,27-,28-,29-,30-,31-,32-,33-,34-,35-,36-,39-,40-,41-,42-,43-,44-,115?,116?,117?,118?,119?,120?/m1/s1. The van der Waals surface area contributed by atoms with E-state index in [-0.39, 0.29) is 107 Å². The lowest BCUT2D eigenvalue weighted by Gasteiger charge is -2.28. The van der Waals surface area contributed by atoms with Gasteiger partial charge in [-0.25, -0.2) is 54.0 Å². The highest BCUT2D eigenvalue weighted by molar-refractivity contribution is 8.44. The molecule has 0 aliphatic carbocycles. The average Bonchev–Trinajstić information content (AvgIpc) is 1.64. The van der Waals surface area contributed by atoms with Crippen molar-refractivity contribution >= 4 is 191 Å². The first-order valence-corrected chi connectivity index (χ1v) is 53.2. The van der Waals surface area contributed by atoms with Gasteiger partial charge in [-0.3, -0.25) is 56.0 Å². The number of nitrogen functional groups attached to an aromatic ring is 6. The molecule has 19 N–H and O–H groups in total. The lowest BCUT2D eigenvalue weighted by molar-refractivity contribution is -0.0557. The third-order valence-electron chi connectivity index (χ3n) is 20.6. The van der Waals surface area contributed by atoms with Crippen LogP contribution in [0, 0.1) is 0 Å². The molecule has 0 saturated carbocycles. The molecule has 66 heteroatoms. The summed E-state index contributed by atoms with van der Waals surface area (Å²) in [6.07, 6.45) is -11.4. The lowest BCUT2D eigenvalue weighted by Crippen LogP contribution is -2.32. The first-order valence-electron chi connectivity index (χ1n) is 37.5. The van der Waals surface area contributed by atoms with Crippen LogP contribution in [-0.4, -0.2) is 235 Å². The molecule has 10 aromatic heterocycles. The van der Waals surface area contributed by atoms with Gasteiger partial charge in [0.05, 0.1) is 95.0 Å². The quantitative estimate of drug-likeness (QED) is 0.0196. The number of nitrogens with two attached hydrogens (primary N) is 6. The van der Waals surface area contributed by atoms with Gasteiger partial charge in [-0.15, -0.1) is 0 Å². The Morgan fingerprint density at radius 2 is 0.706 bits per heavy atom. The number of nitrogens with one attached hydrogen (secondary N) is 2. The maximum Gasteiger partial charge on any atom is 0.386 e. The molecular weight excluding hydrogens is 1910 g/mol. The Bertz CT molecular complexity index is 6340. The van der Waals surface area contributed by atoms with Crippen LogP contribution in [0.5, 0.6) is 0 Å². The Hall–Kier alpha value is -6.73. The number of H-pyrrole nitrogens is 2. The molecule has 0 spiro atoms. The lowest BCUT2D eigenvalue weighted by atomic mass is 10.1. The number of imidazole rings is 4. The molecule has 16 rings (SSSR count). The Morgan fingerprint density at radius 1 is 0.413 bits per heavy atom. The fourth-order valence-corrected chi connectivity index (χ4v) is 23.2. The zero-order chi connectivity index (χ0) is 89.4. The number of ether oxygens (including phenoxy) is 6. The predicted molar refractivity (Wildman–Crippen MR) is 457 cm³/mol. The first kappa shape index (κ1) is 92.5. The van der Waals surface area contributed by atoms with Gasteiger partial charge in [0.2, 0.25) is 11.9 Å². The molecule has 0 amide bonds. The molecule has 54 nitrogen and oxygen atoms in total. The van der Waals surface area contributed by atoms with Crippen molar-refractivity contribution in [1.29, 1.82) is 0 Å². The summed E-state index contributed by atoms with van der Waals surface area (Å²) in [4.78, 5) is 166. The minimum atomic E-state index is -4.70. The molecule has 0 bridgehead atoms. The van der Waals surface area contributed by atoms with E-state index in [1.807, 2.05) is 6.92 Å². The van der Waals surface area contributed by atoms with E-state index < -0.39 is 207 Å². The number of hydrogen-bond acceptors (Lipinski definition) is 46. The highest BCUT2D eigenvalue weighted by atomic mass is 32.7. The van der Waals surface area contributed by atoms with E-state index in [0.29, 0.717) is 17.6 Å².